The number of aliphatic carboxylic acids is 2. The molecule has 0 radical (unpaired) electrons. The van der Waals surface area contributed by atoms with Gasteiger partial charge >= 0.3 is 18.0 Å². The van der Waals surface area contributed by atoms with Gasteiger partial charge in [-0.2, -0.15) is 0 Å². The lowest BCUT2D eigenvalue weighted by atomic mass is 9.80. The van der Waals surface area contributed by atoms with Crippen molar-refractivity contribution in [3.05, 3.63) is 48.0 Å². The molecule has 8 heteroatoms. The van der Waals surface area contributed by atoms with E-state index in [1.807, 2.05) is 0 Å². The number of carbonyl (C=O) groups excluding carboxylic acids is 1. The summed E-state index contributed by atoms with van der Waals surface area (Å²) in [6, 6.07) is 10.8. The number of carboxylic acids is 2. The Bertz CT molecular complexity index is 787. The van der Waals surface area contributed by atoms with Crippen molar-refractivity contribution in [2.75, 3.05) is 19.6 Å². The van der Waals surface area contributed by atoms with E-state index in [0.717, 1.165) is 51.7 Å². The molecule has 3 aliphatic heterocycles. The SMILES string of the molecule is O=C(N[C@@H]1CCCC[C@@H]1c1ccccc1)OC12CCN(CC1)CC2.O=C(O)/C=C/C(=O)O. The van der Waals surface area contributed by atoms with Crippen LogP contribution in [-0.2, 0) is 14.3 Å². The lowest BCUT2D eigenvalue weighted by Gasteiger charge is -2.47. The van der Waals surface area contributed by atoms with Crippen LogP contribution in [-0.4, -0.2) is 64.4 Å². The molecule has 0 aromatic heterocycles. The number of rotatable bonds is 5. The fourth-order valence-corrected chi connectivity index (χ4v) is 4.87. The molecule has 3 N–H and O–H groups in total. The third-order valence-corrected chi connectivity index (χ3v) is 6.63. The minimum atomic E-state index is -1.26. The van der Waals surface area contributed by atoms with Gasteiger partial charge in [0.2, 0.25) is 0 Å². The number of hydrogen-bond donors (Lipinski definition) is 3. The van der Waals surface area contributed by atoms with Crippen LogP contribution in [0.2, 0.25) is 0 Å². The number of nitrogens with one attached hydrogen (secondary N) is 1. The topological polar surface area (TPSA) is 116 Å². The number of fused-ring (bicyclic) bond motifs is 3. The Labute approximate surface area is 188 Å². The van der Waals surface area contributed by atoms with E-state index in [1.165, 1.54) is 18.4 Å². The second-order valence-corrected chi connectivity index (χ2v) is 8.73. The molecule has 2 atom stereocenters. The number of hydrogen-bond acceptors (Lipinski definition) is 5. The molecular weight excluding hydrogens is 412 g/mol. The van der Waals surface area contributed by atoms with Crippen molar-refractivity contribution >= 4 is 18.0 Å². The van der Waals surface area contributed by atoms with Gasteiger partial charge in [-0.05, 0) is 18.4 Å². The van der Waals surface area contributed by atoms with Crippen molar-refractivity contribution in [3.8, 4) is 0 Å². The van der Waals surface area contributed by atoms with Crippen LogP contribution in [0.4, 0.5) is 4.79 Å². The molecule has 1 aliphatic carbocycles. The van der Waals surface area contributed by atoms with E-state index in [0.29, 0.717) is 18.1 Å². The van der Waals surface area contributed by atoms with Crippen LogP contribution in [0.3, 0.4) is 0 Å². The summed E-state index contributed by atoms with van der Waals surface area (Å²) in [7, 11) is 0. The quantitative estimate of drug-likeness (QED) is 0.596. The van der Waals surface area contributed by atoms with E-state index in [2.05, 4.69) is 40.5 Å². The zero-order valence-corrected chi connectivity index (χ0v) is 18.2. The van der Waals surface area contributed by atoms with Gasteiger partial charge in [-0.1, -0.05) is 43.2 Å². The number of carbonyl (C=O) groups is 3. The minimum Gasteiger partial charge on any atom is -0.478 e. The summed E-state index contributed by atoms with van der Waals surface area (Å²) in [6.45, 7) is 3.22. The highest BCUT2D eigenvalue weighted by Crippen LogP contribution is 2.36. The first-order valence-corrected chi connectivity index (χ1v) is 11.3. The normalized spacial score (nSPS) is 28.9. The van der Waals surface area contributed by atoms with Crippen molar-refractivity contribution in [3.63, 3.8) is 0 Å². The molecule has 0 unspecified atom stereocenters. The van der Waals surface area contributed by atoms with Crippen LogP contribution in [0.5, 0.6) is 0 Å². The molecule has 32 heavy (non-hydrogen) atoms. The molecule has 4 aliphatic rings. The maximum atomic E-state index is 12.6. The summed E-state index contributed by atoms with van der Waals surface area (Å²) >= 11 is 0. The fraction of sp³-hybridized carbons (Fsp3) is 0.542. The second kappa shape index (κ2) is 11.1. The van der Waals surface area contributed by atoms with Gasteiger partial charge in [0, 0.05) is 63.0 Å². The van der Waals surface area contributed by atoms with Gasteiger partial charge in [-0.3, -0.25) is 0 Å². The number of amides is 1. The largest absolute Gasteiger partial charge is 0.478 e. The smallest absolute Gasteiger partial charge is 0.407 e. The monoisotopic (exact) mass is 444 g/mol. The van der Waals surface area contributed by atoms with Crippen molar-refractivity contribution in [1.82, 2.24) is 10.2 Å². The number of piperidine rings is 3. The lowest BCUT2D eigenvalue weighted by Crippen LogP contribution is -2.56. The molecule has 174 valence electrons. The predicted molar refractivity (Wildman–Crippen MR) is 118 cm³/mol. The van der Waals surface area contributed by atoms with Crippen LogP contribution >= 0.6 is 0 Å². The van der Waals surface area contributed by atoms with Gasteiger partial charge in [-0.15, -0.1) is 0 Å². The summed E-state index contributed by atoms with van der Waals surface area (Å²) in [6.07, 6.45) is 8.53. The molecule has 0 spiro atoms. The molecule has 1 aromatic rings. The van der Waals surface area contributed by atoms with Crippen molar-refractivity contribution in [1.29, 1.82) is 0 Å². The number of nitrogens with zero attached hydrogens (tertiary/aromatic N) is 1. The van der Waals surface area contributed by atoms with E-state index in [-0.39, 0.29) is 17.7 Å². The first kappa shape index (κ1) is 23.8. The Morgan fingerprint density at radius 1 is 0.938 bits per heavy atom. The van der Waals surface area contributed by atoms with Gasteiger partial charge in [0.15, 0.2) is 0 Å². The zero-order valence-electron chi connectivity index (χ0n) is 18.2. The highest BCUT2D eigenvalue weighted by atomic mass is 16.6. The minimum absolute atomic E-state index is 0.196. The molecule has 1 amide bonds. The van der Waals surface area contributed by atoms with Crippen LogP contribution in [0, 0.1) is 0 Å². The van der Waals surface area contributed by atoms with Crippen molar-refractivity contribution < 1.29 is 29.3 Å². The van der Waals surface area contributed by atoms with Gasteiger partial charge < -0.3 is 25.2 Å². The average molecular weight is 445 g/mol. The van der Waals surface area contributed by atoms with E-state index in [4.69, 9.17) is 14.9 Å². The lowest BCUT2D eigenvalue weighted by molar-refractivity contribution is -0.134. The van der Waals surface area contributed by atoms with E-state index >= 15 is 0 Å². The summed E-state index contributed by atoms with van der Waals surface area (Å²) in [4.78, 5) is 34.2. The van der Waals surface area contributed by atoms with E-state index < -0.39 is 11.9 Å². The number of carboxylic acid groups (broad SMARTS) is 2. The first-order chi connectivity index (χ1) is 15.4. The Morgan fingerprint density at radius 2 is 1.50 bits per heavy atom. The van der Waals surface area contributed by atoms with Gasteiger partial charge in [0.05, 0.1) is 0 Å². The van der Waals surface area contributed by atoms with Gasteiger partial charge in [0.1, 0.15) is 5.60 Å². The Hall–Kier alpha value is -2.87. The van der Waals surface area contributed by atoms with E-state index in [1.54, 1.807) is 0 Å². The average Bonchev–Trinajstić information content (AvgIpc) is 2.80. The van der Waals surface area contributed by atoms with Crippen LogP contribution in [0.1, 0.15) is 56.4 Å². The molecule has 3 saturated heterocycles. The summed E-state index contributed by atoms with van der Waals surface area (Å²) in [5.74, 6) is -2.10. The van der Waals surface area contributed by atoms with Crippen molar-refractivity contribution in [2.24, 2.45) is 0 Å². The highest BCUT2D eigenvalue weighted by molar-refractivity contribution is 5.89. The van der Waals surface area contributed by atoms with E-state index in [9.17, 15) is 14.4 Å². The summed E-state index contributed by atoms with van der Waals surface area (Å²) in [5, 5.41) is 18.8. The fourth-order valence-electron chi connectivity index (χ4n) is 4.87. The molecule has 4 fully saturated rings. The summed E-state index contributed by atoms with van der Waals surface area (Å²) < 4.78 is 5.98. The Balaban J connectivity index is 0.000000312. The molecule has 3 heterocycles. The Morgan fingerprint density at radius 3 is 2.06 bits per heavy atom. The number of benzene rings is 1. The standard InChI is InChI=1S/C20H28N2O2.C4H4O4/c23-19(24-20-10-13-22(14-11-20)15-12-20)21-18-9-5-4-8-17(18)16-6-2-1-3-7-16;5-3(6)1-2-4(7)8/h1-3,6-7,17-18H,4-5,8-15H2,(H,21,23);1-2H,(H,5,6)(H,7,8)/b;2-1+/t17-,18-;/m1./s1. The molecule has 2 bridgehead atoms. The molecule has 1 aromatic carbocycles. The van der Waals surface area contributed by atoms with Crippen molar-refractivity contribution in [2.45, 2.75) is 62.5 Å². The van der Waals surface area contributed by atoms with Crippen LogP contribution in [0.15, 0.2) is 42.5 Å². The third kappa shape index (κ3) is 6.82. The summed E-state index contributed by atoms with van der Waals surface area (Å²) in [5.41, 5.74) is 1.14. The van der Waals surface area contributed by atoms with Crippen LogP contribution < -0.4 is 5.32 Å². The third-order valence-electron chi connectivity index (χ3n) is 6.63. The number of alkyl carbamates (subject to hydrolysis) is 1. The second-order valence-electron chi connectivity index (χ2n) is 8.73. The molecular formula is C24H32N2O6. The highest BCUT2D eigenvalue weighted by Gasteiger charge is 2.43. The maximum Gasteiger partial charge on any atom is 0.407 e. The molecule has 5 rings (SSSR count). The van der Waals surface area contributed by atoms with Gasteiger partial charge in [-0.25, -0.2) is 14.4 Å². The number of ether oxygens (including phenoxy) is 1. The van der Waals surface area contributed by atoms with Crippen LogP contribution in [0.25, 0.3) is 0 Å². The Kier molecular flexibility index (Phi) is 8.27. The predicted octanol–water partition coefficient (Wildman–Crippen LogP) is 3.39. The van der Waals surface area contributed by atoms with Gasteiger partial charge in [0.25, 0.3) is 0 Å². The molecule has 1 saturated carbocycles. The maximum absolute atomic E-state index is 12.6. The zero-order chi connectivity index (χ0) is 23.0. The molecule has 8 nitrogen and oxygen atoms in total. The first-order valence-electron chi connectivity index (χ1n) is 11.3.